The highest BCUT2D eigenvalue weighted by Crippen LogP contribution is 2.24. The molecule has 0 radical (unpaired) electrons. The van der Waals surface area contributed by atoms with Gasteiger partial charge < -0.3 is 19.5 Å². The molecule has 1 aromatic heterocycles. The molecule has 1 aromatic carbocycles. The van der Waals surface area contributed by atoms with Crippen LogP contribution in [-0.2, 0) is 17.8 Å². The number of likely N-dealkylation sites (tertiary alicyclic amines) is 1. The van der Waals surface area contributed by atoms with E-state index in [9.17, 15) is 0 Å². The lowest BCUT2D eigenvalue weighted by Crippen LogP contribution is -2.50. The molecule has 1 N–H and O–H groups in total. The molecule has 2 unspecified atom stereocenters. The maximum atomic E-state index is 6.13. The number of ether oxygens (including phenoxy) is 1. The van der Waals surface area contributed by atoms with Gasteiger partial charge in [0.15, 0.2) is 5.96 Å². The third-order valence-electron chi connectivity index (χ3n) is 5.67. The summed E-state index contributed by atoms with van der Waals surface area (Å²) in [6.45, 7) is 9.40. The molecular weight excluding hydrogens is 491 g/mol. The minimum atomic E-state index is 0. The van der Waals surface area contributed by atoms with Crippen LogP contribution in [0.4, 0.5) is 0 Å². The van der Waals surface area contributed by atoms with E-state index in [4.69, 9.17) is 9.73 Å². The van der Waals surface area contributed by atoms with Crippen molar-refractivity contribution in [1.82, 2.24) is 24.7 Å². The van der Waals surface area contributed by atoms with Gasteiger partial charge in [-0.3, -0.25) is 9.89 Å². The van der Waals surface area contributed by atoms with Crippen LogP contribution >= 0.6 is 24.0 Å². The van der Waals surface area contributed by atoms with E-state index >= 15 is 0 Å². The second-order valence-corrected chi connectivity index (χ2v) is 7.73. The molecule has 2 saturated heterocycles. The average molecular weight is 524 g/mol. The van der Waals surface area contributed by atoms with Crippen molar-refractivity contribution < 1.29 is 4.74 Å². The maximum Gasteiger partial charge on any atom is 0.194 e. The summed E-state index contributed by atoms with van der Waals surface area (Å²) >= 11 is 0. The summed E-state index contributed by atoms with van der Waals surface area (Å²) in [5.41, 5.74) is 1.37. The number of imidazole rings is 1. The number of hydrogen-bond donors (Lipinski definition) is 1. The molecule has 7 nitrogen and oxygen atoms in total. The Morgan fingerprint density at radius 3 is 2.90 bits per heavy atom. The van der Waals surface area contributed by atoms with Crippen molar-refractivity contribution in [3.8, 4) is 0 Å². The van der Waals surface area contributed by atoms with Crippen LogP contribution in [0.3, 0.4) is 0 Å². The first kappa shape index (κ1) is 23.0. The predicted molar refractivity (Wildman–Crippen MR) is 130 cm³/mol. The fraction of sp³-hybridized carbons (Fsp3) is 0.545. The van der Waals surface area contributed by atoms with E-state index in [-0.39, 0.29) is 30.1 Å². The summed E-state index contributed by atoms with van der Waals surface area (Å²) in [6, 6.07) is 11.2. The number of morpholine rings is 1. The zero-order valence-electron chi connectivity index (χ0n) is 17.7. The molecule has 164 valence electrons. The van der Waals surface area contributed by atoms with Crippen LogP contribution in [0.1, 0.15) is 18.9 Å². The number of aromatic nitrogens is 2. The Morgan fingerprint density at radius 1 is 1.27 bits per heavy atom. The number of guanidine groups is 1. The minimum Gasteiger partial charge on any atom is -0.373 e. The number of nitrogens with zero attached hydrogens (tertiary/aromatic N) is 5. The van der Waals surface area contributed by atoms with Gasteiger partial charge in [0.25, 0.3) is 0 Å². The van der Waals surface area contributed by atoms with Crippen molar-refractivity contribution in [3.05, 3.63) is 54.6 Å². The smallest absolute Gasteiger partial charge is 0.194 e. The molecule has 0 bridgehead atoms. The molecule has 0 aliphatic carbocycles. The van der Waals surface area contributed by atoms with Gasteiger partial charge in [-0.25, -0.2) is 4.98 Å². The van der Waals surface area contributed by atoms with Crippen LogP contribution in [0.25, 0.3) is 0 Å². The summed E-state index contributed by atoms with van der Waals surface area (Å²) in [5.74, 6) is 1.01. The van der Waals surface area contributed by atoms with Gasteiger partial charge >= 0.3 is 0 Å². The van der Waals surface area contributed by atoms with Crippen molar-refractivity contribution in [2.75, 3.05) is 39.3 Å². The quantitative estimate of drug-likeness (QED) is 0.261. The number of rotatable bonds is 7. The standard InChI is InChI=1S/C22H32N6O.HI/c1-2-24-22(25-9-6-11-26-12-10-23-18-26)28-16-20-21(17-28)29-14-13-27(20)15-19-7-4-3-5-8-19;/h3-5,7-8,10,12,18,20-21H,2,6,9,11,13-17H2,1H3,(H,24,25);1H. The lowest BCUT2D eigenvalue weighted by atomic mass is 10.1. The molecule has 0 saturated carbocycles. The molecule has 0 amide bonds. The van der Waals surface area contributed by atoms with Crippen molar-refractivity contribution in [1.29, 1.82) is 0 Å². The topological polar surface area (TPSA) is 57.9 Å². The van der Waals surface area contributed by atoms with Crippen molar-refractivity contribution in [3.63, 3.8) is 0 Å². The van der Waals surface area contributed by atoms with Crippen LogP contribution in [0.5, 0.6) is 0 Å². The van der Waals surface area contributed by atoms with Gasteiger partial charge in [-0.2, -0.15) is 0 Å². The van der Waals surface area contributed by atoms with Crippen molar-refractivity contribution in [2.45, 2.75) is 38.6 Å². The number of hydrogen-bond acceptors (Lipinski definition) is 4. The number of benzene rings is 1. The highest BCUT2D eigenvalue weighted by Gasteiger charge is 2.41. The Hall–Kier alpha value is -1.65. The fourth-order valence-electron chi connectivity index (χ4n) is 4.23. The monoisotopic (exact) mass is 524 g/mol. The number of fused-ring (bicyclic) bond motifs is 1. The molecule has 2 aliphatic rings. The molecule has 3 heterocycles. The van der Waals surface area contributed by atoms with Gasteiger partial charge in [0.2, 0.25) is 0 Å². The second kappa shape index (κ2) is 11.7. The lowest BCUT2D eigenvalue weighted by molar-refractivity contribution is -0.0502. The minimum absolute atomic E-state index is 0. The Bertz CT molecular complexity index is 769. The van der Waals surface area contributed by atoms with E-state index in [1.165, 1.54) is 5.56 Å². The molecule has 4 rings (SSSR count). The first-order chi connectivity index (χ1) is 14.3. The highest BCUT2D eigenvalue weighted by molar-refractivity contribution is 14.0. The van der Waals surface area contributed by atoms with Gasteiger partial charge in [-0.05, 0) is 18.9 Å². The summed E-state index contributed by atoms with van der Waals surface area (Å²) in [6.07, 6.45) is 6.93. The van der Waals surface area contributed by atoms with E-state index in [1.807, 2.05) is 18.7 Å². The van der Waals surface area contributed by atoms with Crippen LogP contribution in [0.15, 0.2) is 54.0 Å². The van der Waals surface area contributed by atoms with Crippen LogP contribution in [0.2, 0.25) is 0 Å². The first-order valence-corrected chi connectivity index (χ1v) is 10.7. The molecule has 2 fully saturated rings. The van der Waals surface area contributed by atoms with Crippen LogP contribution in [0, 0.1) is 0 Å². The van der Waals surface area contributed by atoms with Gasteiger partial charge in [0.05, 0.1) is 25.1 Å². The van der Waals surface area contributed by atoms with Crippen LogP contribution in [-0.4, -0.2) is 76.8 Å². The van der Waals surface area contributed by atoms with E-state index in [2.05, 4.69) is 61.9 Å². The molecule has 2 aliphatic heterocycles. The predicted octanol–water partition coefficient (Wildman–Crippen LogP) is 2.44. The van der Waals surface area contributed by atoms with Gasteiger partial charge in [-0.1, -0.05) is 30.3 Å². The molecule has 30 heavy (non-hydrogen) atoms. The van der Waals surface area contributed by atoms with E-state index < -0.39 is 0 Å². The molecule has 2 aromatic rings. The normalized spacial score (nSPS) is 21.9. The summed E-state index contributed by atoms with van der Waals surface area (Å²) < 4.78 is 8.23. The van der Waals surface area contributed by atoms with Gasteiger partial charge in [0, 0.05) is 58.2 Å². The summed E-state index contributed by atoms with van der Waals surface area (Å²) in [4.78, 5) is 13.9. The maximum absolute atomic E-state index is 6.13. The highest BCUT2D eigenvalue weighted by atomic mass is 127. The molecule has 8 heteroatoms. The van der Waals surface area contributed by atoms with Crippen LogP contribution < -0.4 is 5.32 Å². The van der Waals surface area contributed by atoms with Gasteiger partial charge in [0.1, 0.15) is 0 Å². The van der Waals surface area contributed by atoms with Crippen molar-refractivity contribution >= 4 is 29.9 Å². The van der Waals surface area contributed by atoms with E-state index in [1.54, 1.807) is 0 Å². The second-order valence-electron chi connectivity index (χ2n) is 7.73. The third kappa shape index (κ3) is 5.95. The Balaban J connectivity index is 0.00000256. The largest absolute Gasteiger partial charge is 0.373 e. The Morgan fingerprint density at radius 2 is 2.13 bits per heavy atom. The van der Waals surface area contributed by atoms with Crippen molar-refractivity contribution in [2.24, 2.45) is 4.99 Å². The fourth-order valence-corrected chi connectivity index (χ4v) is 4.23. The Labute approximate surface area is 196 Å². The lowest BCUT2D eigenvalue weighted by Gasteiger charge is -2.36. The zero-order valence-corrected chi connectivity index (χ0v) is 20.0. The van der Waals surface area contributed by atoms with E-state index in [0.717, 1.165) is 64.8 Å². The zero-order chi connectivity index (χ0) is 19.9. The molecule has 2 atom stereocenters. The Kier molecular flexibility index (Phi) is 8.95. The third-order valence-corrected chi connectivity index (χ3v) is 5.67. The number of halogens is 1. The molecule has 0 spiro atoms. The number of aliphatic imine (C=N–C) groups is 1. The van der Waals surface area contributed by atoms with E-state index in [0.29, 0.717) is 6.04 Å². The summed E-state index contributed by atoms with van der Waals surface area (Å²) in [5, 5.41) is 3.48. The number of aryl methyl sites for hydroxylation is 1. The average Bonchev–Trinajstić information content (AvgIpc) is 3.41. The number of nitrogens with one attached hydrogen (secondary N) is 1. The molecular formula is C22H33IN6O. The first-order valence-electron chi connectivity index (χ1n) is 10.7. The SMILES string of the molecule is CCNC(=NCCCn1ccnc1)N1CC2OCCN(Cc3ccccc3)C2C1.I. The summed E-state index contributed by atoms with van der Waals surface area (Å²) in [7, 11) is 0. The van der Waals surface area contributed by atoms with Gasteiger partial charge in [-0.15, -0.1) is 24.0 Å².